The number of hydrogen-bond donors (Lipinski definition) is 1. The SMILES string of the molecule is CN(C)c1ccc(NC(=O)N2CCSC2)cc1. The van der Waals surface area contributed by atoms with Crippen molar-refractivity contribution in [3.05, 3.63) is 24.3 Å². The molecule has 0 aliphatic carbocycles. The maximum absolute atomic E-state index is 11.8. The predicted octanol–water partition coefficient (Wildman–Crippen LogP) is 2.29. The van der Waals surface area contributed by atoms with Gasteiger partial charge in [0, 0.05) is 37.8 Å². The van der Waals surface area contributed by atoms with Gasteiger partial charge in [-0.15, -0.1) is 11.8 Å². The molecule has 0 spiro atoms. The fourth-order valence-corrected chi connectivity index (χ4v) is 2.56. The van der Waals surface area contributed by atoms with Crippen LogP contribution in [0.25, 0.3) is 0 Å². The summed E-state index contributed by atoms with van der Waals surface area (Å²) in [6, 6.07) is 7.84. The lowest BCUT2D eigenvalue weighted by atomic mass is 10.2. The molecule has 2 amide bonds. The summed E-state index contributed by atoms with van der Waals surface area (Å²) < 4.78 is 0. The molecule has 1 heterocycles. The second-order valence-corrected chi connectivity index (χ2v) is 5.25. The molecule has 0 atom stereocenters. The smallest absolute Gasteiger partial charge is 0.322 e. The van der Waals surface area contributed by atoms with Crippen molar-refractivity contribution in [3.63, 3.8) is 0 Å². The Hall–Kier alpha value is -1.36. The lowest BCUT2D eigenvalue weighted by Gasteiger charge is -2.16. The number of amides is 2. The molecule has 0 aromatic heterocycles. The van der Waals surface area contributed by atoms with E-state index in [9.17, 15) is 4.79 Å². The van der Waals surface area contributed by atoms with E-state index < -0.39 is 0 Å². The zero-order valence-corrected chi connectivity index (χ0v) is 11.0. The summed E-state index contributed by atoms with van der Waals surface area (Å²) >= 11 is 1.79. The molecule has 2 rings (SSSR count). The van der Waals surface area contributed by atoms with E-state index in [-0.39, 0.29) is 6.03 Å². The van der Waals surface area contributed by atoms with Crippen molar-refractivity contribution in [1.29, 1.82) is 0 Å². The highest BCUT2D eigenvalue weighted by Gasteiger charge is 2.17. The number of carbonyl (C=O) groups is 1. The largest absolute Gasteiger partial charge is 0.378 e. The van der Waals surface area contributed by atoms with E-state index in [1.54, 1.807) is 11.8 Å². The average Bonchev–Trinajstić information content (AvgIpc) is 2.83. The Morgan fingerprint density at radius 3 is 2.59 bits per heavy atom. The molecule has 0 saturated carbocycles. The molecule has 5 heteroatoms. The lowest BCUT2D eigenvalue weighted by Crippen LogP contribution is -2.32. The van der Waals surface area contributed by atoms with Crippen LogP contribution in [-0.2, 0) is 0 Å². The van der Waals surface area contributed by atoms with Gasteiger partial charge in [0.25, 0.3) is 0 Å². The van der Waals surface area contributed by atoms with Crippen molar-refractivity contribution in [2.75, 3.05) is 42.5 Å². The molecule has 1 N–H and O–H groups in total. The highest BCUT2D eigenvalue weighted by Crippen LogP contribution is 2.18. The van der Waals surface area contributed by atoms with Gasteiger partial charge in [-0.1, -0.05) is 0 Å². The molecule has 4 nitrogen and oxygen atoms in total. The Kier molecular flexibility index (Phi) is 3.78. The van der Waals surface area contributed by atoms with Crippen LogP contribution in [-0.4, -0.2) is 43.2 Å². The number of urea groups is 1. The fraction of sp³-hybridized carbons (Fsp3) is 0.417. The zero-order chi connectivity index (χ0) is 12.3. The number of hydrogen-bond acceptors (Lipinski definition) is 3. The van der Waals surface area contributed by atoms with Gasteiger partial charge >= 0.3 is 6.03 Å². The third-order valence-electron chi connectivity index (χ3n) is 2.67. The Bertz CT molecular complexity index is 385. The number of benzene rings is 1. The molecule has 1 aliphatic rings. The fourth-order valence-electron chi connectivity index (χ4n) is 1.62. The van der Waals surface area contributed by atoms with Crippen molar-refractivity contribution in [1.82, 2.24) is 4.90 Å². The first kappa shape index (κ1) is 12.1. The Balaban J connectivity index is 1.96. The van der Waals surface area contributed by atoms with E-state index >= 15 is 0 Å². The highest BCUT2D eigenvalue weighted by molar-refractivity contribution is 7.99. The van der Waals surface area contributed by atoms with E-state index in [4.69, 9.17) is 0 Å². The quantitative estimate of drug-likeness (QED) is 0.876. The molecule has 17 heavy (non-hydrogen) atoms. The molecule has 0 radical (unpaired) electrons. The molecule has 0 bridgehead atoms. The van der Waals surface area contributed by atoms with Gasteiger partial charge in [-0.3, -0.25) is 0 Å². The number of rotatable bonds is 2. The van der Waals surface area contributed by atoms with Crippen LogP contribution in [0.1, 0.15) is 0 Å². The first-order valence-corrected chi connectivity index (χ1v) is 6.73. The van der Waals surface area contributed by atoms with Gasteiger partial charge in [0.05, 0.1) is 5.88 Å². The monoisotopic (exact) mass is 251 g/mol. The van der Waals surface area contributed by atoms with E-state index in [2.05, 4.69) is 5.32 Å². The Morgan fingerprint density at radius 1 is 1.35 bits per heavy atom. The maximum atomic E-state index is 11.8. The zero-order valence-electron chi connectivity index (χ0n) is 10.1. The summed E-state index contributed by atoms with van der Waals surface area (Å²) in [5, 5.41) is 2.91. The molecular formula is C12H17N3OS. The van der Waals surface area contributed by atoms with Crippen molar-refractivity contribution < 1.29 is 4.79 Å². The summed E-state index contributed by atoms with van der Waals surface area (Å²) in [7, 11) is 3.99. The molecule has 0 unspecified atom stereocenters. The number of nitrogens with zero attached hydrogens (tertiary/aromatic N) is 2. The second kappa shape index (κ2) is 5.31. The summed E-state index contributed by atoms with van der Waals surface area (Å²) in [4.78, 5) is 15.7. The number of nitrogens with one attached hydrogen (secondary N) is 1. The average molecular weight is 251 g/mol. The number of carbonyl (C=O) groups excluding carboxylic acids is 1. The molecular weight excluding hydrogens is 234 g/mol. The van der Waals surface area contributed by atoms with Gasteiger partial charge in [-0.25, -0.2) is 4.79 Å². The first-order chi connectivity index (χ1) is 8.16. The van der Waals surface area contributed by atoms with Crippen LogP contribution in [0.5, 0.6) is 0 Å². The van der Waals surface area contributed by atoms with Crippen LogP contribution >= 0.6 is 11.8 Å². The predicted molar refractivity (Wildman–Crippen MR) is 73.8 cm³/mol. The number of anilines is 2. The van der Waals surface area contributed by atoms with Crippen LogP contribution in [0.3, 0.4) is 0 Å². The lowest BCUT2D eigenvalue weighted by molar-refractivity contribution is 0.225. The minimum absolute atomic E-state index is 0.00685. The van der Waals surface area contributed by atoms with Crippen molar-refractivity contribution in [2.24, 2.45) is 0 Å². The normalized spacial score (nSPS) is 14.8. The molecule has 1 aromatic carbocycles. The third-order valence-corrected chi connectivity index (χ3v) is 3.64. The minimum atomic E-state index is -0.00685. The van der Waals surface area contributed by atoms with Gasteiger partial charge in [0.15, 0.2) is 0 Å². The third kappa shape index (κ3) is 3.06. The van der Waals surface area contributed by atoms with Crippen molar-refractivity contribution in [2.45, 2.75) is 0 Å². The van der Waals surface area contributed by atoms with Crippen molar-refractivity contribution >= 4 is 29.2 Å². The molecule has 1 aromatic rings. The standard InChI is InChI=1S/C12H17N3OS/c1-14(2)11-5-3-10(4-6-11)13-12(16)15-7-8-17-9-15/h3-6H,7-9H2,1-2H3,(H,13,16). The van der Waals surface area contributed by atoms with E-state index in [1.165, 1.54) is 0 Å². The number of thioether (sulfide) groups is 1. The van der Waals surface area contributed by atoms with Crippen molar-refractivity contribution in [3.8, 4) is 0 Å². The Labute approximate surface area is 106 Å². The highest BCUT2D eigenvalue weighted by atomic mass is 32.2. The second-order valence-electron chi connectivity index (χ2n) is 4.17. The van der Waals surface area contributed by atoms with Gasteiger partial charge in [-0.05, 0) is 24.3 Å². The molecule has 1 saturated heterocycles. The van der Waals surface area contributed by atoms with E-state index in [0.29, 0.717) is 0 Å². The van der Waals surface area contributed by atoms with Crippen LogP contribution in [0.2, 0.25) is 0 Å². The van der Waals surface area contributed by atoms with Gasteiger partial charge in [0.2, 0.25) is 0 Å². The maximum Gasteiger partial charge on any atom is 0.322 e. The van der Waals surface area contributed by atoms with Crippen LogP contribution < -0.4 is 10.2 Å². The molecule has 1 aliphatic heterocycles. The first-order valence-electron chi connectivity index (χ1n) is 5.58. The van der Waals surface area contributed by atoms with Gasteiger partial charge in [-0.2, -0.15) is 0 Å². The van der Waals surface area contributed by atoms with Crippen LogP contribution in [0.4, 0.5) is 16.2 Å². The summed E-state index contributed by atoms with van der Waals surface area (Å²) in [6.45, 7) is 0.840. The minimum Gasteiger partial charge on any atom is -0.378 e. The molecule has 1 fully saturated rings. The molecule has 92 valence electrons. The van der Waals surface area contributed by atoms with Gasteiger partial charge in [0.1, 0.15) is 0 Å². The summed E-state index contributed by atoms with van der Waals surface area (Å²) in [5.41, 5.74) is 1.97. The summed E-state index contributed by atoms with van der Waals surface area (Å²) in [5.74, 6) is 1.83. The topological polar surface area (TPSA) is 35.6 Å². The summed E-state index contributed by atoms with van der Waals surface area (Å²) in [6.07, 6.45) is 0. The van der Waals surface area contributed by atoms with E-state index in [1.807, 2.05) is 48.2 Å². The Morgan fingerprint density at radius 2 is 2.06 bits per heavy atom. The van der Waals surface area contributed by atoms with Crippen LogP contribution in [0.15, 0.2) is 24.3 Å². The van der Waals surface area contributed by atoms with E-state index in [0.717, 1.165) is 29.5 Å². The van der Waals surface area contributed by atoms with Gasteiger partial charge < -0.3 is 15.1 Å². The van der Waals surface area contributed by atoms with Crippen LogP contribution in [0, 0.1) is 0 Å².